The highest BCUT2D eigenvalue weighted by molar-refractivity contribution is 8.00. The number of Topliss-reactive ketones (excluding diaryl/α,β-unsaturated/α-hetero) is 1. The summed E-state index contributed by atoms with van der Waals surface area (Å²) >= 11 is 1.26. The number of ether oxygens (including phenoxy) is 1. The van der Waals surface area contributed by atoms with E-state index in [0.29, 0.717) is 33.4 Å². The maximum atomic E-state index is 13.0. The second-order valence-electron chi connectivity index (χ2n) is 6.61. The highest BCUT2D eigenvalue weighted by Crippen LogP contribution is 2.27. The molecule has 9 heteroatoms. The molecule has 0 saturated carbocycles. The molecule has 0 radical (unpaired) electrons. The molecular weight excluding hydrogens is 378 g/mol. The number of aryl methyl sites for hydroxylation is 3. The minimum absolute atomic E-state index is 0.124. The first-order valence-corrected chi connectivity index (χ1v) is 9.89. The van der Waals surface area contributed by atoms with Gasteiger partial charge in [0.15, 0.2) is 5.78 Å². The molecule has 148 valence electrons. The number of rotatable bonds is 6. The number of nitrogens with one attached hydrogen (secondary N) is 1. The van der Waals surface area contributed by atoms with Crippen LogP contribution in [0.15, 0.2) is 11.2 Å². The van der Waals surface area contributed by atoms with E-state index in [9.17, 15) is 9.59 Å². The quantitative estimate of drug-likeness (QED) is 0.384. The van der Waals surface area contributed by atoms with E-state index in [-0.39, 0.29) is 12.4 Å². The fourth-order valence-corrected chi connectivity index (χ4v) is 3.92. The van der Waals surface area contributed by atoms with Crippen molar-refractivity contribution in [3.8, 4) is 0 Å². The van der Waals surface area contributed by atoms with Gasteiger partial charge < -0.3 is 9.72 Å². The summed E-state index contributed by atoms with van der Waals surface area (Å²) in [5.41, 5.74) is 3.85. The number of nitrogens with zero attached hydrogens (tertiary/aromatic N) is 4. The summed E-state index contributed by atoms with van der Waals surface area (Å²) in [5.74, 6) is -0.0379. The van der Waals surface area contributed by atoms with Gasteiger partial charge in [-0.3, -0.25) is 4.79 Å². The molecule has 1 atom stereocenters. The van der Waals surface area contributed by atoms with Crippen LogP contribution in [0.4, 0.5) is 0 Å². The maximum Gasteiger partial charge on any atom is 0.340 e. The van der Waals surface area contributed by atoms with Crippen molar-refractivity contribution in [2.45, 2.75) is 51.9 Å². The van der Waals surface area contributed by atoms with Crippen LogP contribution in [-0.2, 0) is 4.74 Å². The molecule has 3 rings (SSSR count). The van der Waals surface area contributed by atoms with Crippen LogP contribution in [0.3, 0.4) is 0 Å². The zero-order valence-corrected chi connectivity index (χ0v) is 17.6. The predicted molar refractivity (Wildman–Crippen MR) is 106 cm³/mol. The molecule has 0 bridgehead atoms. The Morgan fingerprint density at radius 2 is 1.96 bits per heavy atom. The third-order valence-corrected chi connectivity index (χ3v) is 5.37. The fourth-order valence-electron chi connectivity index (χ4n) is 3.12. The molecular formula is C19H23N5O3S. The second-order valence-corrected chi connectivity index (χ2v) is 7.92. The molecule has 0 aliphatic heterocycles. The van der Waals surface area contributed by atoms with Gasteiger partial charge in [-0.25, -0.2) is 14.3 Å². The van der Waals surface area contributed by atoms with Gasteiger partial charge in [0.2, 0.25) is 5.16 Å². The molecule has 1 N–H and O–H groups in total. The number of carbonyl (C=O) groups excluding carboxylic acids is 2. The van der Waals surface area contributed by atoms with Gasteiger partial charge >= 0.3 is 5.97 Å². The van der Waals surface area contributed by atoms with Crippen LogP contribution in [0.1, 0.15) is 57.3 Å². The van der Waals surface area contributed by atoms with E-state index in [0.717, 1.165) is 11.4 Å². The first kappa shape index (κ1) is 20.1. The summed E-state index contributed by atoms with van der Waals surface area (Å²) in [5, 5.41) is 4.48. The number of aromatic nitrogens is 5. The Morgan fingerprint density at radius 3 is 2.64 bits per heavy atom. The highest BCUT2D eigenvalue weighted by atomic mass is 32.2. The van der Waals surface area contributed by atoms with E-state index >= 15 is 0 Å². The molecule has 3 aromatic heterocycles. The van der Waals surface area contributed by atoms with Gasteiger partial charge in [0.25, 0.3) is 5.78 Å². The number of H-pyrrole nitrogens is 1. The van der Waals surface area contributed by atoms with Crippen molar-refractivity contribution in [1.29, 1.82) is 0 Å². The SMILES string of the molecule is CCOC(=O)c1c(C)[nH]c(C(=O)C(C)Sc2nc3nc(C)cc(C)n3n2)c1C. The Bertz CT molecular complexity index is 1070. The molecule has 8 nitrogen and oxygen atoms in total. The molecule has 3 heterocycles. The van der Waals surface area contributed by atoms with Crippen LogP contribution in [0, 0.1) is 27.7 Å². The Labute approximate surface area is 167 Å². The Hall–Kier alpha value is -2.68. The maximum absolute atomic E-state index is 13.0. The molecule has 28 heavy (non-hydrogen) atoms. The molecule has 1 unspecified atom stereocenters. The number of esters is 1. The van der Waals surface area contributed by atoms with Crippen molar-refractivity contribution >= 4 is 29.3 Å². The molecule has 0 amide bonds. The van der Waals surface area contributed by atoms with E-state index in [1.165, 1.54) is 11.8 Å². The summed E-state index contributed by atoms with van der Waals surface area (Å²) in [6.07, 6.45) is 0. The fraction of sp³-hybridized carbons (Fsp3) is 0.421. The molecule has 0 aliphatic carbocycles. The van der Waals surface area contributed by atoms with E-state index in [2.05, 4.69) is 20.1 Å². The lowest BCUT2D eigenvalue weighted by molar-refractivity contribution is 0.0525. The minimum Gasteiger partial charge on any atom is -0.462 e. The van der Waals surface area contributed by atoms with E-state index in [1.807, 2.05) is 19.9 Å². The van der Waals surface area contributed by atoms with Gasteiger partial charge in [-0.2, -0.15) is 4.98 Å². The van der Waals surface area contributed by atoms with Crippen LogP contribution in [-0.4, -0.2) is 48.2 Å². The topological polar surface area (TPSA) is 102 Å². The van der Waals surface area contributed by atoms with Gasteiger partial charge in [0.05, 0.1) is 23.1 Å². The van der Waals surface area contributed by atoms with Crippen LogP contribution >= 0.6 is 11.8 Å². The summed E-state index contributed by atoms with van der Waals surface area (Å²) in [6.45, 7) is 11.2. The summed E-state index contributed by atoms with van der Waals surface area (Å²) < 4.78 is 6.75. The molecule has 0 aliphatic rings. The smallest absolute Gasteiger partial charge is 0.340 e. The lowest BCUT2D eigenvalue weighted by Crippen LogP contribution is -2.16. The van der Waals surface area contributed by atoms with Crippen LogP contribution in [0.5, 0.6) is 0 Å². The lowest BCUT2D eigenvalue weighted by atomic mass is 10.1. The van der Waals surface area contributed by atoms with Crippen molar-refractivity contribution in [2.24, 2.45) is 0 Å². The first-order valence-electron chi connectivity index (χ1n) is 9.01. The first-order chi connectivity index (χ1) is 13.2. The molecule has 0 fully saturated rings. The number of hydrogen-bond acceptors (Lipinski definition) is 7. The van der Waals surface area contributed by atoms with Crippen molar-refractivity contribution in [2.75, 3.05) is 6.61 Å². The monoisotopic (exact) mass is 401 g/mol. The number of fused-ring (bicyclic) bond motifs is 1. The minimum atomic E-state index is -0.439. The zero-order chi connectivity index (χ0) is 20.6. The standard InChI is InChI=1S/C19H23N5O3S/c1-7-27-17(26)14-11(4)15(21-12(14)5)16(25)13(6)28-19-22-18-20-9(2)8-10(3)24(18)23-19/h8,13,21H,7H2,1-6H3. The molecule has 3 aromatic rings. The van der Waals surface area contributed by atoms with Gasteiger partial charge in [-0.1, -0.05) is 11.8 Å². The zero-order valence-electron chi connectivity index (χ0n) is 16.8. The van der Waals surface area contributed by atoms with E-state index in [1.54, 1.807) is 32.2 Å². The summed E-state index contributed by atoms with van der Waals surface area (Å²) in [4.78, 5) is 36.9. The Morgan fingerprint density at radius 1 is 1.25 bits per heavy atom. The second kappa shape index (κ2) is 7.75. The normalized spacial score (nSPS) is 12.4. The van der Waals surface area contributed by atoms with Crippen molar-refractivity contribution in [3.05, 3.63) is 40.0 Å². The molecule has 0 saturated heterocycles. The van der Waals surface area contributed by atoms with E-state index in [4.69, 9.17) is 4.74 Å². The van der Waals surface area contributed by atoms with Gasteiger partial charge in [-0.15, -0.1) is 5.10 Å². The average molecular weight is 401 g/mol. The van der Waals surface area contributed by atoms with Crippen LogP contribution in [0.2, 0.25) is 0 Å². The number of hydrogen-bond donors (Lipinski definition) is 1. The van der Waals surface area contributed by atoms with Gasteiger partial charge in [0.1, 0.15) is 0 Å². The molecule has 0 aromatic carbocycles. The summed E-state index contributed by atoms with van der Waals surface area (Å²) in [6, 6.07) is 1.92. The lowest BCUT2D eigenvalue weighted by Gasteiger charge is -2.07. The average Bonchev–Trinajstić information content (AvgIpc) is 3.14. The van der Waals surface area contributed by atoms with Crippen LogP contribution < -0.4 is 0 Å². The van der Waals surface area contributed by atoms with Crippen molar-refractivity contribution in [1.82, 2.24) is 24.6 Å². The number of thioether (sulfide) groups is 1. The Balaban J connectivity index is 1.85. The van der Waals surface area contributed by atoms with Crippen molar-refractivity contribution < 1.29 is 14.3 Å². The third-order valence-electron chi connectivity index (χ3n) is 4.41. The largest absolute Gasteiger partial charge is 0.462 e. The van der Waals surface area contributed by atoms with Crippen LogP contribution in [0.25, 0.3) is 5.78 Å². The molecule has 0 spiro atoms. The summed E-state index contributed by atoms with van der Waals surface area (Å²) in [7, 11) is 0. The highest BCUT2D eigenvalue weighted by Gasteiger charge is 2.27. The number of ketones is 1. The van der Waals surface area contributed by atoms with Gasteiger partial charge in [0, 0.05) is 17.1 Å². The Kier molecular flexibility index (Phi) is 5.55. The van der Waals surface area contributed by atoms with E-state index < -0.39 is 11.2 Å². The van der Waals surface area contributed by atoms with Gasteiger partial charge in [-0.05, 0) is 53.2 Å². The van der Waals surface area contributed by atoms with Crippen molar-refractivity contribution in [3.63, 3.8) is 0 Å². The number of carbonyl (C=O) groups is 2. The third kappa shape index (κ3) is 3.66. The predicted octanol–water partition coefficient (Wildman–Crippen LogP) is 3.23. The number of aromatic amines is 1.